The van der Waals surface area contributed by atoms with E-state index in [0.29, 0.717) is 17.1 Å². The minimum atomic E-state index is -1.32. The van der Waals surface area contributed by atoms with Crippen LogP contribution in [0.1, 0.15) is 17.0 Å². The van der Waals surface area contributed by atoms with Gasteiger partial charge in [0.25, 0.3) is 0 Å². The number of nitro groups is 1. The lowest BCUT2D eigenvalue weighted by atomic mass is 9.89. The van der Waals surface area contributed by atoms with Gasteiger partial charge in [0.05, 0.1) is 19.6 Å². The number of rotatable bonds is 6. The Kier molecular flexibility index (Phi) is 5.16. The van der Waals surface area contributed by atoms with Crippen molar-refractivity contribution in [2.45, 2.75) is 24.9 Å². The van der Waals surface area contributed by atoms with E-state index in [1.54, 1.807) is 18.2 Å². The van der Waals surface area contributed by atoms with Crippen LogP contribution in [0.25, 0.3) is 0 Å². The molecule has 1 aliphatic heterocycles. The molecular formula is C18H19NO6. The number of fused-ring (bicyclic) bond motifs is 1. The van der Waals surface area contributed by atoms with Crippen molar-refractivity contribution in [2.75, 3.05) is 13.7 Å². The van der Waals surface area contributed by atoms with Crippen molar-refractivity contribution in [1.29, 1.82) is 0 Å². The van der Waals surface area contributed by atoms with Crippen LogP contribution in [-0.2, 0) is 11.3 Å². The summed E-state index contributed by atoms with van der Waals surface area (Å²) in [7, 11) is 1.48. The van der Waals surface area contributed by atoms with Gasteiger partial charge < -0.3 is 19.3 Å². The molecule has 0 aliphatic carbocycles. The second-order valence-corrected chi connectivity index (χ2v) is 5.77. The molecule has 0 saturated heterocycles. The average Bonchev–Trinajstić information content (AvgIpc) is 2.61. The Labute approximate surface area is 144 Å². The molecule has 1 heterocycles. The van der Waals surface area contributed by atoms with Gasteiger partial charge in [0.15, 0.2) is 11.5 Å². The third-order valence-electron chi connectivity index (χ3n) is 4.18. The Balaban J connectivity index is 1.89. The molecule has 7 nitrogen and oxygen atoms in total. The highest BCUT2D eigenvalue weighted by Gasteiger charge is 2.42. The molecular weight excluding hydrogens is 326 g/mol. The number of aliphatic hydroxyl groups is 1. The first-order valence-electron chi connectivity index (χ1n) is 7.89. The van der Waals surface area contributed by atoms with Gasteiger partial charge in [-0.25, -0.2) is 0 Å². The summed E-state index contributed by atoms with van der Waals surface area (Å²) in [6.07, 6.45) is -2.18. The van der Waals surface area contributed by atoms with E-state index >= 15 is 0 Å². The average molecular weight is 345 g/mol. The summed E-state index contributed by atoms with van der Waals surface area (Å²) in [4.78, 5) is 10.7. The molecule has 7 heteroatoms. The standard InChI is InChI=1S/C18H19NO6/c1-23-15-9-5-8-13-14(10-19(21)22)17(18(20)25-16(13)15)24-11-12-6-3-2-4-7-12/h2-9,14,17-18,20H,10-11H2,1H3/t14-,17-,18?/m0/s1. The van der Waals surface area contributed by atoms with Crippen LogP contribution in [0.15, 0.2) is 48.5 Å². The van der Waals surface area contributed by atoms with Crippen molar-refractivity contribution >= 4 is 0 Å². The predicted octanol–water partition coefficient (Wildman–Crippen LogP) is 2.35. The van der Waals surface area contributed by atoms with E-state index in [1.807, 2.05) is 30.3 Å². The zero-order valence-corrected chi connectivity index (χ0v) is 13.7. The van der Waals surface area contributed by atoms with Gasteiger partial charge in [-0.1, -0.05) is 42.5 Å². The summed E-state index contributed by atoms with van der Waals surface area (Å²) in [6.45, 7) is -0.153. The smallest absolute Gasteiger partial charge is 0.225 e. The number of benzene rings is 2. The van der Waals surface area contributed by atoms with Crippen LogP contribution in [-0.4, -0.2) is 36.1 Å². The summed E-state index contributed by atoms with van der Waals surface area (Å²) in [5.74, 6) is 0.0999. The highest BCUT2D eigenvalue weighted by Crippen LogP contribution is 2.43. The minimum absolute atomic E-state index is 0.222. The van der Waals surface area contributed by atoms with Crippen molar-refractivity contribution in [2.24, 2.45) is 0 Å². The van der Waals surface area contributed by atoms with Gasteiger partial charge in [-0.3, -0.25) is 10.1 Å². The third-order valence-corrected chi connectivity index (χ3v) is 4.18. The molecule has 0 radical (unpaired) electrons. The van der Waals surface area contributed by atoms with E-state index in [4.69, 9.17) is 14.2 Å². The van der Waals surface area contributed by atoms with Gasteiger partial charge in [-0.15, -0.1) is 0 Å². The van der Waals surface area contributed by atoms with Crippen LogP contribution in [0.3, 0.4) is 0 Å². The second-order valence-electron chi connectivity index (χ2n) is 5.77. The first kappa shape index (κ1) is 17.2. The molecule has 2 aromatic rings. The normalized spacial score (nSPS) is 21.9. The maximum Gasteiger partial charge on any atom is 0.225 e. The lowest BCUT2D eigenvalue weighted by molar-refractivity contribution is -0.487. The number of hydrogen-bond acceptors (Lipinski definition) is 6. The lowest BCUT2D eigenvalue weighted by Crippen LogP contribution is -2.44. The van der Waals surface area contributed by atoms with Crippen molar-refractivity contribution < 1.29 is 24.2 Å². The number of methoxy groups -OCH3 is 1. The van der Waals surface area contributed by atoms with Crippen LogP contribution in [0.2, 0.25) is 0 Å². The van der Waals surface area contributed by atoms with Crippen molar-refractivity contribution in [1.82, 2.24) is 0 Å². The molecule has 25 heavy (non-hydrogen) atoms. The van der Waals surface area contributed by atoms with Gasteiger partial charge in [-0.2, -0.15) is 0 Å². The molecule has 2 aromatic carbocycles. The van der Waals surface area contributed by atoms with Gasteiger partial charge >= 0.3 is 0 Å². The topological polar surface area (TPSA) is 91.1 Å². The van der Waals surface area contributed by atoms with E-state index < -0.39 is 23.2 Å². The molecule has 0 amide bonds. The summed E-state index contributed by atoms with van der Waals surface area (Å²) in [6, 6.07) is 14.6. The van der Waals surface area contributed by atoms with Gasteiger partial charge in [-0.05, 0) is 11.6 Å². The number of nitrogens with zero attached hydrogens (tertiary/aromatic N) is 1. The van der Waals surface area contributed by atoms with E-state index in [0.717, 1.165) is 5.56 Å². The predicted molar refractivity (Wildman–Crippen MR) is 89.3 cm³/mol. The maximum atomic E-state index is 11.2. The highest BCUT2D eigenvalue weighted by molar-refractivity contribution is 5.50. The minimum Gasteiger partial charge on any atom is -0.493 e. The Hall–Kier alpha value is -2.64. The molecule has 0 aromatic heterocycles. The fraction of sp³-hybridized carbons (Fsp3) is 0.333. The zero-order chi connectivity index (χ0) is 17.8. The van der Waals surface area contributed by atoms with Crippen molar-refractivity contribution in [3.8, 4) is 11.5 Å². The molecule has 3 rings (SSSR count). The third kappa shape index (κ3) is 3.72. The molecule has 0 saturated carbocycles. The Morgan fingerprint density at radius 2 is 1.96 bits per heavy atom. The fourth-order valence-electron chi connectivity index (χ4n) is 3.00. The van der Waals surface area contributed by atoms with Crippen molar-refractivity contribution in [3.63, 3.8) is 0 Å². The lowest BCUT2D eigenvalue weighted by Gasteiger charge is -2.35. The van der Waals surface area contributed by atoms with Gasteiger partial charge in [0.2, 0.25) is 12.8 Å². The van der Waals surface area contributed by atoms with E-state index in [9.17, 15) is 15.2 Å². The number of para-hydroxylation sites is 1. The molecule has 0 spiro atoms. The SMILES string of the molecule is COc1cccc2c1OC(O)[C@@H](OCc1ccccc1)[C@H]2C[N+](=O)[O-]. The van der Waals surface area contributed by atoms with Crippen LogP contribution in [0, 0.1) is 10.1 Å². The number of ether oxygens (including phenoxy) is 3. The summed E-state index contributed by atoms with van der Waals surface area (Å²) >= 11 is 0. The summed E-state index contributed by atoms with van der Waals surface area (Å²) in [5.41, 5.74) is 1.51. The summed E-state index contributed by atoms with van der Waals surface area (Å²) < 4.78 is 16.6. The van der Waals surface area contributed by atoms with Gasteiger partial charge in [0.1, 0.15) is 6.10 Å². The van der Waals surface area contributed by atoms with Crippen molar-refractivity contribution in [3.05, 3.63) is 69.8 Å². The van der Waals surface area contributed by atoms with Crippen LogP contribution < -0.4 is 9.47 Å². The number of aliphatic hydroxyl groups excluding tert-OH is 1. The molecule has 1 aliphatic rings. The van der Waals surface area contributed by atoms with E-state index in [1.165, 1.54) is 7.11 Å². The fourth-order valence-corrected chi connectivity index (χ4v) is 3.00. The molecule has 132 valence electrons. The Morgan fingerprint density at radius 3 is 2.64 bits per heavy atom. The largest absolute Gasteiger partial charge is 0.493 e. The quantitative estimate of drug-likeness (QED) is 0.638. The molecule has 3 atom stereocenters. The summed E-state index contributed by atoms with van der Waals surface area (Å²) in [5, 5.41) is 21.5. The van der Waals surface area contributed by atoms with Crippen LogP contribution in [0.5, 0.6) is 11.5 Å². The second kappa shape index (κ2) is 7.50. The molecule has 0 fully saturated rings. The maximum absolute atomic E-state index is 11.2. The first-order chi connectivity index (χ1) is 12.1. The van der Waals surface area contributed by atoms with E-state index in [2.05, 4.69) is 0 Å². The molecule has 1 unspecified atom stereocenters. The van der Waals surface area contributed by atoms with Crippen LogP contribution >= 0.6 is 0 Å². The van der Waals surface area contributed by atoms with Crippen LogP contribution in [0.4, 0.5) is 0 Å². The molecule has 1 N–H and O–H groups in total. The number of hydrogen-bond donors (Lipinski definition) is 1. The monoisotopic (exact) mass is 345 g/mol. The Morgan fingerprint density at radius 1 is 1.20 bits per heavy atom. The van der Waals surface area contributed by atoms with Gasteiger partial charge in [0, 0.05) is 10.5 Å². The van der Waals surface area contributed by atoms with E-state index in [-0.39, 0.29) is 13.2 Å². The highest BCUT2D eigenvalue weighted by atomic mass is 16.6. The first-order valence-corrected chi connectivity index (χ1v) is 7.89. The Bertz CT molecular complexity index is 736. The molecule has 0 bridgehead atoms. The zero-order valence-electron chi connectivity index (χ0n) is 13.7.